The number of hydrogen-bond acceptors (Lipinski definition) is 3. The zero-order chi connectivity index (χ0) is 12.8. The molecule has 0 aromatic heterocycles. The third-order valence-electron chi connectivity index (χ3n) is 3.84. The van der Waals surface area contributed by atoms with Gasteiger partial charge in [0.15, 0.2) is 11.5 Å². The summed E-state index contributed by atoms with van der Waals surface area (Å²) in [7, 11) is 1.56. The maximum Gasteiger partial charge on any atom is 0.161 e. The minimum atomic E-state index is -0.0781. The molecule has 0 radical (unpaired) electrons. The van der Waals surface area contributed by atoms with E-state index in [2.05, 4.69) is 15.9 Å². The number of phenols is 1. The summed E-state index contributed by atoms with van der Waals surface area (Å²) < 4.78 is 6.16. The molecule has 2 rings (SSSR count). The van der Waals surface area contributed by atoms with Crippen molar-refractivity contribution in [2.75, 3.05) is 7.11 Å². The average Bonchev–Trinajstić information content (AvgIpc) is 3.05. The second-order valence-corrected chi connectivity index (χ2v) is 5.71. The van der Waals surface area contributed by atoms with Crippen molar-refractivity contribution in [3.8, 4) is 11.5 Å². The summed E-state index contributed by atoms with van der Waals surface area (Å²) in [4.78, 5) is 0. The Hall–Kier alpha value is -0.740. The topological polar surface area (TPSA) is 55.5 Å². The molecule has 1 saturated carbocycles. The van der Waals surface area contributed by atoms with Crippen LogP contribution in [0.2, 0.25) is 0 Å². The van der Waals surface area contributed by atoms with Gasteiger partial charge in [0.25, 0.3) is 0 Å². The zero-order valence-corrected chi connectivity index (χ0v) is 12.0. The summed E-state index contributed by atoms with van der Waals surface area (Å²) in [6.07, 6.45) is 2.05. The summed E-state index contributed by atoms with van der Waals surface area (Å²) in [5.41, 5.74) is 8.00. The van der Waals surface area contributed by atoms with Crippen LogP contribution in [-0.4, -0.2) is 18.3 Å². The molecule has 1 fully saturated rings. The molecular formula is C13H18BrNO2. The molecule has 0 heterocycles. The third-order valence-corrected chi connectivity index (χ3v) is 4.66. The molecule has 0 aliphatic heterocycles. The number of rotatable bonds is 3. The maximum absolute atomic E-state index is 10.3. The van der Waals surface area contributed by atoms with Crippen molar-refractivity contribution in [2.45, 2.75) is 38.1 Å². The fourth-order valence-corrected chi connectivity index (χ4v) is 2.95. The lowest BCUT2D eigenvalue weighted by Gasteiger charge is -2.25. The lowest BCUT2D eigenvalue weighted by molar-refractivity contribution is 0.364. The van der Waals surface area contributed by atoms with Crippen molar-refractivity contribution < 1.29 is 9.84 Å². The Morgan fingerprint density at radius 1 is 1.53 bits per heavy atom. The summed E-state index contributed by atoms with van der Waals surface area (Å²) in [5, 5.41) is 10.3. The average molecular weight is 300 g/mol. The fraction of sp³-hybridized carbons (Fsp3) is 0.538. The van der Waals surface area contributed by atoms with Gasteiger partial charge in [-0.3, -0.25) is 0 Å². The summed E-state index contributed by atoms with van der Waals surface area (Å²) in [6, 6.07) is 1.83. The standard InChI is InChI=1S/C13H18BrNO2/c1-7-9(14)6-10(17-3)12(16)11(7)13(4-5-13)8(2)15/h6,8,16H,4-5,15H2,1-3H3. The molecule has 1 atom stereocenters. The van der Waals surface area contributed by atoms with Crippen LogP contribution in [0.15, 0.2) is 10.5 Å². The van der Waals surface area contributed by atoms with Crippen molar-refractivity contribution in [1.82, 2.24) is 0 Å². The van der Waals surface area contributed by atoms with E-state index in [0.717, 1.165) is 28.4 Å². The molecule has 1 aromatic rings. The van der Waals surface area contributed by atoms with E-state index < -0.39 is 0 Å². The molecule has 0 bridgehead atoms. The Kier molecular flexibility index (Phi) is 3.12. The number of benzene rings is 1. The predicted octanol–water partition coefficient (Wildman–Crippen LogP) is 2.85. The lowest BCUT2D eigenvalue weighted by atomic mass is 9.85. The number of ether oxygens (including phenoxy) is 1. The molecule has 1 unspecified atom stereocenters. The van der Waals surface area contributed by atoms with Crippen molar-refractivity contribution >= 4 is 15.9 Å². The van der Waals surface area contributed by atoms with Gasteiger partial charge in [-0.05, 0) is 38.3 Å². The first-order chi connectivity index (χ1) is 7.94. The van der Waals surface area contributed by atoms with Gasteiger partial charge in [-0.15, -0.1) is 0 Å². The Morgan fingerprint density at radius 2 is 2.12 bits per heavy atom. The van der Waals surface area contributed by atoms with Crippen LogP contribution in [0.5, 0.6) is 11.5 Å². The smallest absolute Gasteiger partial charge is 0.161 e. The summed E-state index contributed by atoms with van der Waals surface area (Å²) in [6.45, 7) is 4.00. The van der Waals surface area contributed by atoms with Gasteiger partial charge in [0.05, 0.1) is 7.11 Å². The molecule has 0 saturated heterocycles. The van der Waals surface area contributed by atoms with E-state index in [-0.39, 0.29) is 17.2 Å². The molecule has 0 amide bonds. The van der Waals surface area contributed by atoms with Gasteiger partial charge in [0.2, 0.25) is 0 Å². The van der Waals surface area contributed by atoms with E-state index in [9.17, 15) is 5.11 Å². The number of methoxy groups -OCH3 is 1. The number of halogens is 1. The molecule has 3 N–H and O–H groups in total. The SMILES string of the molecule is COc1cc(Br)c(C)c(C2(C(C)N)CC2)c1O. The number of nitrogens with two attached hydrogens (primary N) is 1. The lowest BCUT2D eigenvalue weighted by Crippen LogP contribution is -2.32. The second kappa shape index (κ2) is 4.18. The third kappa shape index (κ3) is 1.83. The normalized spacial score (nSPS) is 18.9. The minimum absolute atomic E-state index is 0.0334. The van der Waals surface area contributed by atoms with Crippen LogP contribution in [0.4, 0.5) is 0 Å². The number of aromatic hydroxyl groups is 1. The number of phenolic OH excluding ortho intramolecular Hbond substituents is 1. The van der Waals surface area contributed by atoms with E-state index in [4.69, 9.17) is 10.5 Å². The molecule has 1 aliphatic rings. The highest BCUT2D eigenvalue weighted by atomic mass is 79.9. The van der Waals surface area contributed by atoms with Crippen LogP contribution in [0, 0.1) is 6.92 Å². The highest BCUT2D eigenvalue weighted by Crippen LogP contribution is 2.56. The highest BCUT2D eigenvalue weighted by molar-refractivity contribution is 9.10. The van der Waals surface area contributed by atoms with Gasteiger partial charge < -0.3 is 15.6 Å². The molecular weight excluding hydrogens is 282 g/mol. The zero-order valence-electron chi connectivity index (χ0n) is 10.4. The molecule has 0 spiro atoms. The maximum atomic E-state index is 10.3. The molecule has 94 valence electrons. The Labute approximate surface area is 110 Å². The molecule has 4 heteroatoms. The summed E-state index contributed by atoms with van der Waals surface area (Å²) >= 11 is 3.51. The van der Waals surface area contributed by atoms with Crippen LogP contribution in [0.3, 0.4) is 0 Å². The first kappa shape index (κ1) is 12.7. The van der Waals surface area contributed by atoms with Crippen LogP contribution in [0.1, 0.15) is 30.9 Å². The van der Waals surface area contributed by atoms with Gasteiger partial charge in [0.1, 0.15) is 0 Å². The van der Waals surface area contributed by atoms with Gasteiger partial charge in [-0.2, -0.15) is 0 Å². The van der Waals surface area contributed by atoms with E-state index >= 15 is 0 Å². The van der Waals surface area contributed by atoms with E-state index in [1.54, 1.807) is 13.2 Å². The largest absolute Gasteiger partial charge is 0.504 e. The van der Waals surface area contributed by atoms with Crippen LogP contribution >= 0.6 is 15.9 Å². The quantitative estimate of drug-likeness (QED) is 0.902. The van der Waals surface area contributed by atoms with Crippen molar-refractivity contribution in [3.05, 3.63) is 21.7 Å². The van der Waals surface area contributed by atoms with E-state index in [1.165, 1.54) is 0 Å². The fourth-order valence-electron chi connectivity index (χ4n) is 2.54. The van der Waals surface area contributed by atoms with Gasteiger partial charge in [0, 0.05) is 21.5 Å². The van der Waals surface area contributed by atoms with Gasteiger partial charge >= 0.3 is 0 Å². The van der Waals surface area contributed by atoms with Crippen LogP contribution in [0.25, 0.3) is 0 Å². The predicted molar refractivity (Wildman–Crippen MR) is 71.7 cm³/mol. The number of hydrogen-bond donors (Lipinski definition) is 2. The van der Waals surface area contributed by atoms with Gasteiger partial charge in [-0.1, -0.05) is 15.9 Å². The molecule has 17 heavy (non-hydrogen) atoms. The first-order valence-electron chi connectivity index (χ1n) is 5.76. The Balaban J connectivity index is 2.64. The van der Waals surface area contributed by atoms with Gasteiger partial charge in [-0.25, -0.2) is 0 Å². The Bertz CT molecular complexity index is 453. The molecule has 3 nitrogen and oxygen atoms in total. The van der Waals surface area contributed by atoms with E-state index in [1.807, 2.05) is 13.8 Å². The summed E-state index contributed by atoms with van der Waals surface area (Å²) in [5.74, 6) is 0.743. The monoisotopic (exact) mass is 299 g/mol. The Morgan fingerprint density at radius 3 is 2.53 bits per heavy atom. The van der Waals surface area contributed by atoms with Crippen LogP contribution < -0.4 is 10.5 Å². The minimum Gasteiger partial charge on any atom is -0.504 e. The highest BCUT2D eigenvalue weighted by Gasteiger charge is 2.50. The molecule has 1 aromatic carbocycles. The van der Waals surface area contributed by atoms with Crippen molar-refractivity contribution in [2.24, 2.45) is 5.73 Å². The first-order valence-corrected chi connectivity index (χ1v) is 6.55. The molecule has 1 aliphatic carbocycles. The van der Waals surface area contributed by atoms with Crippen LogP contribution in [-0.2, 0) is 5.41 Å². The van der Waals surface area contributed by atoms with Crippen molar-refractivity contribution in [3.63, 3.8) is 0 Å². The van der Waals surface area contributed by atoms with Crippen molar-refractivity contribution in [1.29, 1.82) is 0 Å². The second-order valence-electron chi connectivity index (χ2n) is 4.85. The van der Waals surface area contributed by atoms with E-state index in [0.29, 0.717) is 5.75 Å².